The normalized spacial score (nSPS) is 38.5. The number of fused-ring (bicyclic) bond motifs is 4. The van der Waals surface area contributed by atoms with E-state index >= 15 is 0 Å². The highest BCUT2D eigenvalue weighted by Gasteiger charge is 2.60. The van der Waals surface area contributed by atoms with Gasteiger partial charge in [-0.2, -0.15) is 0 Å². The van der Waals surface area contributed by atoms with E-state index in [1.165, 1.54) is 27.7 Å². The molecule has 0 amide bonds. The van der Waals surface area contributed by atoms with E-state index in [1.807, 2.05) is 6.92 Å². The fourth-order valence-corrected chi connectivity index (χ4v) is 5.59. The molecule has 6 rings (SSSR count). The van der Waals surface area contributed by atoms with Gasteiger partial charge in [-0.3, -0.25) is 4.90 Å². The lowest BCUT2D eigenvalue weighted by Gasteiger charge is -2.62. The van der Waals surface area contributed by atoms with Crippen LogP contribution in [0.4, 0.5) is 0 Å². The van der Waals surface area contributed by atoms with Crippen molar-refractivity contribution in [3.63, 3.8) is 0 Å². The number of aldehydes is 1. The minimum atomic E-state index is -0.660. The first kappa shape index (κ1) is 14.4. The molecule has 0 saturated carbocycles. The topological polar surface area (TPSA) is 56.3 Å². The number of aliphatic hydroxyl groups is 1. The van der Waals surface area contributed by atoms with Gasteiger partial charge in [0.05, 0.1) is 18.1 Å². The summed E-state index contributed by atoms with van der Waals surface area (Å²) in [6, 6.07) is 8.85. The zero-order valence-electron chi connectivity index (χ0n) is 13.8. The second-order valence-corrected chi connectivity index (χ2v) is 7.51. The number of aromatic nitrogens is 1. The number of piperidine rings is 3. The third kappa shape index (κ3) is 1.53. The van der Waals surface area contributed by atoms with Gasteiger partial charge in [0.25, 0.3) is 0 Å². The summed E-state index contributed by atoms with van der Waals surface area (Å²) < 4.78 is 0. The van der Waals surface area contributed by atoms with Crippen LogP contribution in [0.3, 0.4) is 0 Å². The maximum Gasteiger partial charge on any atom is 0.130 e. The molecule has 0 spiro atoms. The number of carbonyl (C=O) groups is 1. The molecule has 5 atom stereocenters. The highest BCUT2D eigenvalue weighted by molar-refractivity contribution is 5.85. The number of hydrogen-bond donors (Lipinski definition) is 2. The molecule has 1 aromatic heterocycles. The lowest BCUT2D eigenvalue weighted by atomic mass is 9.56. The Bertz CT molecular complexity index is 868. The first-order valence-corrected chi connectivity index (χ1v) is 8.81. The van der Waals surface area contributed by atoms with Crippen LogP contribution in [0, 0.1) is 11.3 Å². The number of benzene rings is 1. The third-order valence-corrected chi connectivity index (χ3v) is 6.78. The average Bonchev–Trinajstić information content (AvgIpc) is 3.01. The van der Waals surface area contributed by atoms with Crippen LogP contribution in [0.2, 0.25) is 0 Å². The Hall–Kier alpha value is -1.91. The number of carbonyl (C=O) groups excluding carboxylic acids is 1. The SMILES string of the molecule is C/C=C1/CN2[C@H]3Cc4c([nH]c5ccccc45)[C@@H]2C[C@@H]1[C@@]3(C=O)CO. The van der Waals surface area contributed by atoms with Crippen molar-refractivity contribution in [3.05, 3.63) is 47.2 Å². The maximum absolute atomic E-state index is 12.2. The van der Waals surface area contributed by atoms with E-state index < -0.39 is 5.41 Å². The Labute approximate surface area is 141 Å². The summed E-state index contributed by atoms with van der Waals surface area (Å²) in [5.41, 5.74) is 4.50. The Morgan fingerprint density at radius 1 is 1.42 bits per heavy atom. The molecule has 4 heteroatoms. The van der Waals surface area contributed by atoms with Crippen LogP contribution in [-0.2, 0) is 11.2 Å². The number of H-pyrrole nitrogens is 1. The van der Waals surface area contributed by atoms with E-state index in [2.05, 4.69) is 40.2 Å². The largest absolute Gasteiger partial charge is 0.395 e. The van der Waals surface area contributed by atoms with Crippen LogP contribution in [0.15, 0.2) is 35.9 Å². The van der Waals surface area contributed by atoms with Crippen molar-refractivity contribution in [2.24, 2.45) is 11.3 Å². The third-order valence-electron chi connectivity index (χ3n) is 6.78. The van der Waals surface area contributed by atoms with Gasteiger partial charge in [-0.25, -0.2) is 0 Å². The van der Waals surface area contributed by atoms with Crippen LogP contribution >= 0.6 is 0 Å². The number of rotatable bonds is 2. The molecule has 1 aromatic carbocycles. The number of nitrogens with one attached hydrogen (secondary N) is 1. The summed E-state index contributed by atoms with van der Waals surface area (Å²) in [7, 11) is 0. The molecular formula is C20H22N2O2. The van der Waals surface area contributed by atoms with Crippen molar-refractivity contribution in [2.45, 2.75) is 31.8 Å². The number of para-hydroxylation sites is 1. The fourth-order valence-electron chi connectivity index (χ4n) is 5.59. The molecule has 2 N–H and O–H groups in total. The van der Waals surface area contributed by atoms with E-state index in [1.54, 1.807) is 0 Å². The molecule has 4 aliphatic heterocycles. The molecule has 2 aromatic rings. The van der Waals surface area contributed by atoms with E-state index in [0.29, 0.717) is 6.04 Å². The van der Waals surface area contributed by atoms with Crippen molar-refractivity contribution < 1.29 is 9.90 Å². The number of aromatic amines is 1. The molecule has 5 heterocycles. The van der Waals surface area contributed by atoms with Gasteiger partial charge in [-0.1, -0.05) is 29.8 Å². The summed E-state index contributed by atoms with van der Waals surface area (Å²) >= 11 is 0. The molecule has 4 nitrogen and oxygen atoms in total. The van der Waals surface area contributed by atoms with Crippen molar-refractivity contribution in [2.75, 3.05) is 13.2 Å². The van der Waals surface area contributed by atoms with Crippen LogP contribution in [-0.4, -0.2) is 40.5 Å². The van der Waals surface area contributed by atoms with Crippen LogP contribution in [0.1, 0.15) is 30.6 Å². The van der Waals surface area contributed by atoms with Crippen LogP contribution in [0.5, 0.6) is 0 Å². The Balaban J connectivity index is 1.73. The minimum absolute atomic E-state index is 0.0654. The van der Waals surface area contributed by atoms with Crippen LogP contribution < -0.4 is 0 Å². The van der Waals surface area contributed by atoms with Gasteiger partial charge in [0.1, 0.15) is 6.29 Å². The molecule has 3 saturated heterocycles. The average molecular weight is 322 g/mol. The van der Waals surface area contributed by atoms with Gasteiger partial charge in [0.2, 0.25) is 0 Å². The highest BCUT2D eigenvalue weighted by atomic mass is 16.3. The summed E-state index contributed by atoms with van der Waals surface area (Å²) in [5.74, 6) is 0.157. The summed E-state index contributed by atoms with van der Waals surface area (Å²) in [6.45, 7) is 2.90. The lowest BCUT2D eigenvalue weighted by Crippen LogP contribution is -2.67. The fraction of sp³-hybridized carbons (Fsp3) is 0.450. The smallest absolute Gasteiger partial charge is 0.130 e. The maximum atomic E-state index is 12.2. The number of aliphatic hydroxyl groups excluding tert-OH is 1. The Morgan fingerprint density at radius 2 is 2.25 bits per heavy atom. The van der Waals surface area contributed by atoms with E-state index in [-0.39, 0.29) is 18.6 Å². The summed E-state index contributed by atoms with van der Waals surface area (Å²) in [6.07, 6.45) is 4.94. The predicted octanol–water partition coefficient (Wildman–Crippen LogP) is 2.59. The van der Waals surface area contributed by atoms with E-state index in [9.17, 15) is 9.90 Å². The number of nitrogens with zero attached hydrogens (tertiary/aromatic N) is 1. The van der Waals surface area contributed by atoms with E-state index in [0.717, 1.165) is 25.7 Å². The molecule has 0 radical (unpaired) electrons. The first-order valence-electron chi connectivity index (χ1n) is 8.81. The van der Waals surface area contributed by atoms with E-state index in [4.69, 9.17) is 0 Å². The second kappa shape index (κ2) is 4.80. The van der Waals surface area contributed by atoms with Crippen molar-refractivity contribution in [1.29, 1.82) is 0 Å². The number of allylic oxidation sites excluding steroid dienone is 1. The van der Waals surface area contributed by atoms with Gasteiger partial charge in [-0.15, -0.1) is 0 Å². The zero-order chi connectivity index (χ0) is 16.5. The molecular weight excluding hydrogens is 300 g/mol. The monoisotopic (exact) mass is 322 g/mol. The lowest BCUT2D eigenvalue weighted by molar-refractivity contribution is -0.147. The molecule has 0 aliphatic carbocycles. The summed E-state index contributed by atoms with van der Waals surface area (Å²) in [4.78, 5) is 18.3. The summed E-state index contributed by atoms with van der Waals surface area (Å²) in [5, 5.41) is 11.5. The Morgan fingerprint density at radius 3 is 3.00 bits per heavy atom. The molecule has 3 fully saturated rings. The van der Waals surface area contributed by atoms with Crippen molar-refractivity contribution in [3.8, 4) is 0 Å². The van der Waals surface area contributed by atoms with Gasteiger partial charge >= 0.3 is 0 Å². The minimum Gasteiger partial charge on any atom is -0.395 e. The molecule has 124 valence electrons. The standard InChI is InChI=1S/C20H22N2O2/c1-2-12-9-22-17-8-15(12)20(10-23,11-24)18(22)7-14-13-5-3-4-6-16(13)21-19(14)17/h2-6,10,15,17-18,21,24H,7-9,11H2,1H3/b12-2-/t15-,17-,18-,20+/m0/s1. The van der Waals surface area contributed by atoms with Gasteiger partial charge < -0.3 is 14.9 Å². The number of hydrogen-bond acceptors (Lipinski definition) is 3. The van der Waals surface area contributed by atoms with Gasteiger partial charge in [0, 0.05) is 29.2 Å². The van der Waals surface area contributed by atoms with Crippen LogP contribution in [0.25, 0.3) is 10.9 Å². The molecule has 1 unspecified atom stereocenters. The highest BCUT2D eigenvalue weighted by Crippen LogP contribution is 2.58. The van der Waals surface area contributed by atoms with Gasteiger partial charge in [0.15, 0.2) is 0 Å². The molecule has 4 aliphatic rings. The predicted molar refractivity (Wildman–Crippen MR) is 92.7 cm³/mol. The quantitative estimate of drug-likeness (QED) is 0.660. The van der Waals surface area contributed by atoms with Gasteiger partial charge in [-0.05, 0) is 37.3 Å². The molecule has 4 bridgehead atoms. The molecule has 24 heavy (non-hydrogen) atoms. The second-order valence-electron chi connectivity index (χ2n) is 7.51. The zero-order valence-corrected chi connectivity index (χ0v) is 13.8. The Kier molecular flexibility index (Phi) is 2.89. The first-order chi connectivity index (χ1) is 11.7. The van der Waals surface area contributed by atoms with Crippen molar-refractivity contribution >= 4 is 17.2 Å². The van der Waals surface area contributed by atoms with Crippen molar-refractivity contribution in [1.82, 2.24) is 9.88 Å².